The van der Waals surface area contributed by atoms with Gasteiger partial charge in [0.25, 0.3) is 0 Å². The summed E-state index contributed by atoms with van der Waals surface area (Å²) in [7, 11) is 0. The fraction of sp³-hybridized carbons (Fsp3) is 0. The summed E-state index contributed by atoms with van der Waals surface area (Å²) in [6.45, 7) is 0. The van der Waals surface area contributed by atoms with E-state index in [4.69, 9.17) is 47.6 Å². The third-order valence-corrected chi connectivity index (χ3v) is 19.7. The van der Waals surface area contributed by atoms with Crippen molar-refractivity contribution in [2.45, 2.75) is 0 Å². The molecule has 0 bridgehead atoms. The van der Waals surface area contributed by atoms with Crippen LogP contribution in [0.3, 0.4) is 0 Å². The summed E-state index contributed by atoms with van der Waals surface area (Å²) in [6.07, 6.45) is 0. The predicted octanol–water partition coefficient (Wildman–Crippen LogP) is 23.5. The lowest BCUT2D eigenvalue weighted by molar-refractivity contribution is 0.668. The maximum atomic E-state index is 6.57. The van der Waals surface area contributed by atoms with Crippen LogP contribution in [0.4, 0.5) is 0 Å². The molecule has 0 N–H and O–H groups in total. The number of furan rings is 4. The molecular formula is C90H52N8O4. The van der Waals surface area contributed by atoms with Crippen LogP contribution in [-0.4, -0.2) is 39.0 Å². The molecule has 476 valence electrons. The van der Waals surface area contributed by atoms with Gasteiger partial charge in [-0.1, -0.05) is 218 Å². The Hall–Kier alpha value is -14.1. The molecule has 0 aliphatic rings. The monoisotopic (exact) mass is 1310 g/mol. The standard InChI is InChI=1S/2C45H26N4O2/c1-2-13-27(14-3-1)43-46-44(48-45(47-43)33-19-12-24-39-40(33)32-18-7-11-23-38(32)50-39)31-17-5-9-21-35(31)49-34-20-8-4-16-30(34)41-36(49)26-25-29-28-15-6-10-22-37(28)51-42(29)41;1-2-12-27(13-3-1)43-46-44(48-45(47-43)34-19-11-23-39-40(34)33-18-6-9-22-38(33)50-39)28-14-10-15-29(26-28)49-35-20-7-4-17-32(35)41-36(49)25-24-31-30-16-5-8-21-37(30)51-42(31)41/h2*1-26H. The molecular weight excluding hydrogens is 1260 g/mol. The molecule has 8 heterocycles. The summed E-state index contributed by atoms with van der Waals surface area (Å²) in [6, 6.07) is 107. The van der Waals surface area contributed by atoms with Crippen molar-refractivity contribution in [1.82, 2.24) is 39.0 Å². The zero-order valence-corrected chi connectivity index (χ0v) is 54.2. The van der Waals surface area contributed by atoms with E-state index in [0.29, 0.717) is 34.9 Å². The van der Waals surface area contributed by atoms with Gasteiger partial charge >= 0.3 is 0 Å². The molecule has 12 nitrogen and oxygen atoms in total. The van der Waals surface area contributed by atoms with E-state index in [-0.39, 0.29) is 0 Å². The lowest BCUT2D eigenvalue weighted by Gasteiger charge is -2.14. The van der Waals surface area contributed by atoms with Crippen LogP contribution in [0.2, 0.25) is 0 Å². The van der Waals surface area contributed by atoms with Crippen molar-refractivity contribution in [2.24, 2.45) is 0 Å². The van der Waals surface area contributed by atoms with Crippen LogP contribution in [-0.2, 0) is 0 Å². The number of rotatable bonds is 8. The molecule has 0 spiro atoms. The number of nitrogens with zero attached hydrogens (tertiary/aromatic N) is 8. The maximum Gasteiger partial charge on any atom is 0.166 e. The first-order valence-corrected chi connectivity index (χ1v) is 33.9. The Balaban J connectivity index is 0.000000133. The van der Waals surface area contributed by atoms with Gasteiger partial charge in [0.2, 0.25) is 0 Å². The summed E-state index contributed by atoms with van der Waals surface area (Å²) in [5.74, 6) is 3.54. The van der Waals surface area contributed by atoms with Crippen LogP contribution in [0, 0.1) is 0 Å². The average molecular weight is 1310 g/mol. The molecule has 0 atom stereocenters. The van der Waals surface area contributed by atoms with Crippen LogP contribution in [0.25, 0.3) is 211 Å². The molecule has 0 amide bonds. The highest BCUT2D eigenvalue weighted by atomic mass is 16.3. The molecule has 0 aliphatic carbocycles. The minimum atomic E-state index is 0.579. The molecule has 22 aromatic rings. The topological polar surface area (TPSA) is 140 Å². The first-order chi connectivity index (χ1) is 50.6. The summed E-state index contributed by atoms with van der Waals surface area (Å²) >= 11 is 0. The fourth-order valence-electron chi connectivity index (χ4n) is 15.2. The number of aromatic nitrogens is 8. The van der Waals surface area contributed by atoms with Crippen LogP contribution in [0.1, 0.15) is 0 Å². The van der Waals surface area contributed by atoms with Gasteiger partial charge in [-0.25, -0.2) is 29.9 Å². The van der Waals surface area contributed by atoms with E-state index in [9.17, 15) is 0 Å². The third-order valence-electron chi connectivity index (χ3n) is 19.7. The third kappa shape index (κ3) is 8.96. The van der Waals surface area contributed by atoms with E-state index in [0.717, 1.165) is 176 Å². The highest BCUT2D eigenvalue weighted by Gasteiger charge is 2.26. The number of fused-ring (bicyclic) bond motifs is 20. The predicted molar refractivity (Wildman–Crippen MR) is 410 cm³/mol. The molecule has 0 saturated heterocycles. The summed E-state index contributed by atoms with van der Waals surface area (Å²) in [4.78, 5) is 30.8. The second kappa shape index (κ2) is 22.7. The Morgan fingerprint density at radius 3 is 1.11 bits per heavy atom. The Bertz CT molecular complexity index is 7160. The zero-order valence-electron chi connectivity index (χ0n) is 54.2. The molecule has 0 saturated carbocycles. The van der Waals surface area contributed by atoms with Gasteiger partial charge in [0, 0.05) is 92.9 Å². The summed E-state index contributed by atoms with van der Waals surface area (Å²) < 4.78 is 30.2. The molecule has 14 aromatic carbocycles. The van der Waals surface area contributed by atoms with E-state index in [1.165, 1.54) is 0 Å². The Morgan fingerprint density at radius 1 is 0.206 bits per heavy atom. The van der Waals surface area contributed by atoms with E-state index >= 15 is 0 Å². The SMILES string of the molecule is c1ccc(-c2nc(-c3cccc(-n4c5ccccc5c5c6oc7ccccc7c6ccc54)c3)nc(-c3cccc4oc5ccccc5c34)n2)cc1.c1ccc(-c2nc(-c3ccccc3-n3c4ccccc4c4c5oc6ccccc6c5ccc43)nc(-c3cccc4oc5ccccc5c34)n2)cc1. The van der Waals surface area contributed by atoms with Crippen molar-refractivity contribution in [3.05, 3.63) is 315 Å². The molecule has 0 unspecified atom stereocenters. The van der Waals surface area contributed by atoms with Crippen molar-refractivity contribution in [2.75, 3.05) is 0 Å². The average Bonchev–Trinajstić information content (AvgIpc) is 1.56. The first-order valence-electron chi connectivity index (χ1n) is 33.9. The number of para-hydroxylation sites is 7. The molecule has 0 radical (unpaired) electrons. The molecule has 8 aromatic heterocycles. The van der Waals surface area contributed by atoms with Gasteiger partial charge < -0.3 is 26.8 Å². The minimum Gasteiger partial charge on any atom is -0.456 e. The Labute approximate surface area is 579 Å². The number of hydrogen-bond donors (Lipinski definition) is 0. The van der Waals surface area contributed by atoms with Gasteiger partial charge in [0.1, 0.15) is 44.7 Å². The maximum absolute atomic E-state index is 6.57. The lowest BCUT2D eigenvalue weighted by atomic mass is 10.1. The van der Waals surface area contributed by atoms with Crippen molar-refractivity contribution in [1.29, 1.82) is 0 Å². The van der Waals surface area contributed by atoms with E-state index in [1.54, 1.807) is 0 Å². The van der Waals surface area contributed by atoms with Gasteiger partial charge in [-0.3, -0.25) is 0 Å². The van der Waals surface area contributed by atoms with Crippen LogP contribution < -0.4 is 0 Å². The van der Waals surface area contributed by atoms with Crippen LogP contribution in [0.5, 0.6) is 0 Å². The minimum absolute atomic E-state index is 0.579. The number of benzene rings is 14. The van der Waals surface area contributed by atoms with Crippen molar-refractivity contribution < 1.29 is 17.7 Å². The quantitative estimate of drug-likeness (QED) is 0.144. The smallest absolute Gasteiger partial charge is 0.166 e. The van der Waals surface area contributed by atoms with Crippen molar-refractivity contribution in [3.63, 3.8) is 0 Å². The molecule has 0 fully saturated rings. The molecule has 12 heteroatoms. The lowest BCUT2D eigenvalue weighted by Crippen LogP contribution is -2.03. The second-order valence-electron chi connectivity index (χ2n) is 25.5. The van der Waals surface area contributed by atoms with Crippen molar-refractivity contribution >= 4 is 131 Å². The van der Waals surface area contributed by atoms with Gasteiger partial charge in [-0.05, 0) is 97.1 Å². The van der Waals surface area contributed by atoms with Crippen LogP contribution in [0.15, 0.2) is 333 Å². The highest BCUT2D eigenvalue weighted by molar-refractivity contribution is 6.25. The van der Waals surface area contributed by atoms with Crippen LogP contribution >= 0.6 is 0 Å². The summed E-state index contributed by atoms with van der Waals surface area (Å²) in [5, 5.41) is 12.9. The normalized spacial score (nSPS) is 11.9. The van der Waals surface area contributed by atoms with Gasteiger partial charge in [0.15, 0.2) is 34.9 Å². The van der Waals surface area contributed by atoms with Gasteiger partial charge in [-0.2, -0.15) is 0 Å². The largest absolute Gasteiger partial charge is 0.456 e. The van der Waals surface area contributed by atoms with Crippen molar-refractivity contribution in [3.8, 4) is 79.7 Å². The number of hydrogen-bond acceptors (Lipinski definition) is 10. The Kier molecular flexibility index (Phi) is 12.7. The second-order valence-corrected chi connectivity index (χ2v) is 25.5. The first kappa shape index (κ1) is 57.0. The van der Waals surface area contributed by atoms with E-state index in [2.05, 4.69) is 173 Å². The molecule has 22 rings (SSSR count). The zero-order chi connectivity index (χ0) is 66.9. The fourth-order valence-corrected chi connectivity index (χ4v) is 15.2. The van der Waals surface area contributed by atoms with E-state index < -0.39 is 0 Å². The van der Waals surface area contributed by atoms with Gasteiger partial charge in [-0.15, -0.1) is 0 Å². The van der Waals surface area contributed by atoms with E-state index in [1.807, 2.05) is 152 Å². The molecule has 0 aliphatic heterocycles. The highest BCUT2D eigenvalue weighted by Crippen LogP contribution is 2.46. The summed E-state index contributed by atoms with van der Waals surface area (Å²) in [5.41, 5.74) is 18.4. The molecule has 102 heavy (non-hydrogen) atoms. The Morgan fingerprint density at radius 2 is 0.569 bits per heavy atom. The van der Waals surface area contributed by atoms with Gasteiger partial charge in [0.05, 0.1) is 38.5 Å².